The van der Waals surface area contributed by atoms with Crippen molar-refractivity contribution >= 4 is 0 Å². The van der Waals surface area contributed by atoms with E-state index >= 15 is 0 Å². The summed E-state index contributed by atoms with van der Waals surface area (Å²) in [5.74, 6) is -1.80. The van der Waals surface area contributed by atoms with E-state index in [0.717, 1.165) is 0 Å². The van der Waals surface area contributed by atoms with E-state index < -0.39 is 12.1 Å². The standard InChI is InChI=1S/C15H19F4N/c1-20-14(12-7-2-3-8-13(12)16)10-5-4-6-11(9-10)15(17,18)19/h2-3,7-8,10-11,14,20H,4-6,9H2,1H3. The molecule has 0 aliphatic heterocycles. The van der Waals surface area contributed by atoms with E-state index in [4.69, 9.17) is 0 Å². The van der Waals surface area contributed by atoms with Crippen LogP contribution in [0.15, 0.2) is 24.3 Å². The molecule has 0 bridgehead atoms. The molecule has 1 aromatic carbocycles. The molecule has 1 aliphatic carbocycles. The lowest BCUT2D eigenvalue weighted by molar-refractivity contribution is -0.186. The fourth-order valence-corrected chi connectivity index (χ4v) is 3.20. The Labute approximate surface area is 116 Å². The fourth-order valence-electron chi connectivity index (χ4n) is 3.20. The van der Waals surface area contributed by atoms with Crippen LogP contribution in [-0.4, -0.2) is 13.2 Å². The van der Waals surface area contributed by atoms with Gasteiger partial charge in [-0.15, -0.1) is 0 Å². The molecule has 0 spiro atoms. The maximum Gasteiger partial charge on any atom is 0.391 e. The topological polar surface area (TPSA) is 12.0 Å². The van der Waals surface area contributed by atoms with Crippen LogP contribution in [0.3, 0.4) is 0 Å². The zero-order valence-corrected chi connectivity index (χ0v) is 11.4. The van der Waals surface area contributed by atoms with Gasteiger partial charge in [-0.2, -0.15) is 13.2 Å². The molecule has 1 aliphatic rings. The second-order valence-electron chi connectivity index (χ2n) is 5.45. The smallest absolute Gasteiger partial charge is 0.313 e. The Kier molecular flexibility index (Phi) is 4.68. The van der Waals surface area contributed by atoms with Crippen LogP contribution in [0, 0.1) is 17.7 Å². The van der Waals surface area contributed by atoms with Crippen LogP contribution >= 0.6 is 0 Å². The van der Waals surface area contributed by atoms with Crippen molar-refractivity contribution in [3.8, 4) is 0 Å². The number of rotatable bonds is 3. The number of hydrogen-bond donors (Lipinski definition) is 1. The zero-order valence-electron chi connectivity index (χ0n) is 11.4. The lowest BCUT2D eigenvalue weighted by atomic mass is 9.75. The zero-order chi connectivity index (χ0) is 14.8. The normalized spacial score (nSPS) is 25.4. The molecule has 1 nitrogen and oxygen atoms in total. The summed E-state index contributed by atoms with van der Waals surface area (Å²) < 4.78 is 52.5. The average molecular weight is 289 g/mol. The van der Waals surface area contributed by atoms with Gasteiger partial charge in [0.2, 0.25) is 0 Å². The third-order valence-corrected chi connectivity index (χ3v) is 4.20. The van der Waals surface area contributed by atoms with Gasteiger partial charge in [0, 0.05) is 11.6 Å². The van der Waals surface area contributed by atoms with Crippen LogP contribution in [0.5, 0.6) is 0 Å². The average Bonchev–Trinajstić information content (AvgIpc) is 2.41. The van der Waals surface area contributed by atoms with Crippen molar-refractivity contribution in [1.82, 2.24) is 5.32 Å². The summed E-state index contributed by atoms with van der Waals surface area (Å²) in [5.41, 5.74) is 0.461. The number of halogens is 4. The van der Waals surface area contributed by atoms with Crippen molar-refractivity contribution in [2.75, 3.05) is 7.05 Å². The number of hydrogen-bond acceptors (Lipinski definition) is 1. The van der Waals surface area contributed by atoms with Gasteiger partial charge >= 0.3 is 6.18 Å². The molecular weight excluding hydrogens is 270 g/mol. The van der Waals surface area contributed by atoms with Gasteiger partial charge in [0.15, 0.2) is 0 Å². The van der Waals surface area contributed by atoms with E-state index in [1.54, 1.807) is 25.2 Å². The molecule has 1 saturated carbocycles. The monoisotopic (exact) mass is 289 g/mol. The van der Waals surface area contributed by atoms with Crippen molar-refractivity contribution < 1.29 is 17.6 Å². The highest BCUT2D eigenvalue weighted by molar-refractivity contribution is 5.22. The van der Waals surface area contributed by atoms with Crippen molar-refractivity contribution in [3.63, 3.8) is 0 Å². The predicted molar refractivity (Wildman–Crippen MR) is 69.7 cm³/mol. The second kappa shape index (κ2) is 6.12. The van der Waals surface area contributed by atoms with Crippen LogP contribution in [0.2, 0.25) is 0 Å². The first-order valence-electron chi connectivity index (χ1n) is 6.92. The molecule has 20 heavy (non-hydrogen) atoms. The van der Waals surface area contributed by atoms with Gasteiger partial charge in [-0.25, -0.2) is 4.39 Å². The molecule has 3 unspecified atom stereocenters. The van der Waals surface area contributed by atoms with Crippen molar-refractivity contribution in [2.45, 2.75) is 37.9 Å². The van der Waals surface area contributed by atoms with Crippen molar-refractivity contribution in [2.24, 2.45) is 11.8 Å². The molecule has 1 aromatic rings. The molecule has 0 saturated heterocycles. The summed E-state index contributed by atoms with van der Waals surface area (Å²) in [5, 5.41) is 2.99. The van der Waals surface area contributed by atoms with E-state index in [1.807, 2.05) is 0 Å². The van der Waals surface area contributed by atoms with Gasteiger partial charge in [0.25, 0.3) is 0 Å². The minimum Gasteiger partial charge on any atom is -0.313 e. The maximum atomic E-state index is 13.9. The van der Waals surface area contributed by atoms with E-state index in [2.05, 4.69) is 5.32 Å². The SMILES string of the molecule is CNC(c1ccccc1F)C1CCCC(C(F)(F)F)C1. The summed E-state index contributed by atoms with van der Waals surface area (Å²) in [6.07, 6.45) is -2.64. The molecule has 3 atom stereocenters. The summed E-state index contributed by atoms with van der Waals surface area (Å²) in [6.45, 7) is 0. The third kappa shape index (κ3) is 3.32. The number of benzene rings is 1. The van der Waals surface area contributed by atoms with Crippen LogP contribution < -0.4 is 5.32 Å². The van der Waals surface area contributed by atoms with Gasteiger partial charge in [-0.05, 0) is 38.3 Å². The first-order valence-corrected chi connectivity index (χ1v) is 6.92. The first kappa shape index (κ1) is 15.3. The highest BCUT2D eigenvalue weighted by Crippen LogP contribution is 2.44. The van der Waals surface area contributed by atoms with Gasteiger partial charge in [-0.1, -0.05) is 24.6 Å². The molecule has 1 fully saturated rings. The first-order chi connectivity index (χ1) is 9.43. The molecule has 0 radical (unpaired) electrons. The molecule has 1 N–H and O–H groups in total. The predicted octanol–water partition coefficient (Wildman–Crippen LogP) is 4.45. The molecule has 112 valence electrons. The Morgan fingerprint density at radius 2 is 1.90 bits per heavy atom. The summed E-state index contributed by atoms with van der Waals surface area (Å²) in [6, 6.07) is 5.94. The Morgan fingerprint density at radius 3 is 2.50 bits per heavy atom. The minimum absolute atomic E-state index is 0.0728. The van der Waals surface area contributed by atoms with Crippen molar-refractivity contribution in [1.29, 1.82) is 0 Å². The molecular formula is C15H19F4N. The van der Waals surface area contributed by atoms with E-state index in [1.165, 1.54) is 6.07 Å². The molecule has 0 aromatic heterocycles. The molecule has 0 amide bonds. The van der Waals surface area contributed by atoms with Crippen LogP contribution in [-0.2, 0) is 0 Å². The maximum absolute atomic E-state index is 13.9. The van der Waals surface area contributed by atoms with Gasteiger partial charge < -0.3 is 5.32 Å². The van der Waals surface area contributed by atoms with Crippen LogP contribution in [0.25, 0.3) is 0 Å². The van der Waals surface area contributed by atoms with Gasteiger partial charge in [0.05, 0.1) is 5.92 Å². The second-order valence-corrected chi connectivity index (χ2v) is 5.45. The Bertz CT molecular complexity index is 444. The molecule has 0 heterocycles. The minimum atomic E-state index is -4.15. The summed E-state index contributed by atoms with van der Waals surface area (Å²) >= 11 is 0. The lowest BCUT2D eigenvalue weighted by Crippen LogP contribution is -2.35. The Morgan fingerprint density at radius 1 is 1.20 bits per heavy atom. The van der Waals surface area contributed by atoms with Crippen LogP contribution in [0.1, 0.15) is 37.3 Å². The summed E-state index contributed by atoms with van der Waals surface area (Å²) in [4.78, 5) is 0. The van der Waals surface area contributed by atoms with E-state index in [0.29, 0.717) is 18.4 Å². The van der Waals surface area contributed by atoms with Gasteiger partial charge in [-0.3, -0.25) is 0 Å². The molecule has 5 heteroatoms. The van der Waals surface area contributed by atoms with Gasteiger partial charge in [0.1, 0.15) is 5.82 Å². The Balaban J connectivity index is 2.18. The van der Waals surface area contributed by atoms with Crippen molar-refractivity contribution in [3.05, 3.63) is 35.6 Å². The fraction of sp³-hybridized carbons (Fsp3) is 0.600. The number of alkyl halides is 3. The van der Waals surface area contributed by atoms with E-state index in [-0.39, 0.29) is 30.6 Å². The highest BCUT2D eigenvalue weighted by atomic mass is 19.4. The molecule has 2 rings (SSSR count). The van der Waals surface area contributed by atoms with Crippen LogP contribution in [0.4, 0.5) is 17.6 Å². The highest BCUT2D eigenvalue weighted by Gasteiger charge is 2.43. The largest absolute Gasteiger partial charge is 0.391 e. The Hall–Kier alpha value is -1.10. The quantitative estimate of drug-likeness (QED) is 0.810. The summed E-state index contributed by atoms with van der Waals surface area (Å²) in [7, 11) is 1.67. The number of nitrogens with one attached hydrogen (secondary N) is 1. The third-order valence-electron chi connectivity index (χ3n) is 4.20. The van der Waals surface area contributed by atoms with E-state index in [9.17, 15) is 17.6 Å². The lowest BCUT2D eigenvalue weighted by Gasteiger charge is -2.35.